The van der Waals surface area contributed by atoms with E-state index in [1.165, 1.54) is 6.21 Å². The van der Waals surface area contributed by atoms with Crippen molar-refractivity contribution in [3.05, 3.63) is 28.2 Å². The molecule has 0 unspecified atom stereocenters. The first-order valence-electron chi connectivity index (χ1n) is 4.58. The van der Waals surface area contributed by atoms with Gasteiger partial charge in [0, 0.05) is 10.0 Å². The number of halogens is 1. The number of hydrazone groups is 1. The first-order valence-corrected chi connectivity index (χ1v) is 5.37. The van der Waals surface area contributed by atoms with Crippen molar-refractivity contribution in [3.63, 3.8) is 0 Å². The van der Waals surface area contributed by atoms with Crippen LogP contribution in [0.15, 0.2) is 27.8 Å². The molecule has 0 saturated heterocycles. The van der Waals surface area contributed by atoms with Gasteiger partial charge < -0.3 is 10.5 Å². The van der Waals surface area contributed by atoms with E-state index in [2.05, 4.69) is 32.4 Å². The van der Waals surface area contributed by atoms with E-state index < -0.39 is 6.03 Å². The Kier molecular flexibility index (Phi) is 5.04. The van der Waals surface area contributed by atoms with Crippen LogP contribution in [0.3, 0.4) is 0 Å². The fourth-order valence-electron chi connectivity index (χ4n) is 1.04. The summed E-state index contributed by atoms with van der Waals surface area (Å²) in [5.74, 6) is 2.93. The van der Waals surface area contributed by atoms with Crippen molar-refractivity contribution in [2.45, 2.75) is 0 Å². The summed E-state index contributed by atoms with van der Waals surface area (Å²) < 4.78 is 6.16. The van der Waals surface area contributed by atoms with Crippen LogP contribution in [0.1, 0.15) is 5.56 Å². The maximum atomic E-state index is 10.4. The first-order chi connectivity index (χ1) is 8.13. The van der Waals surface area contributed by atoms with Crippen molar-refractivity contribution in [3.8, 4) is 18.1 Å². The van der Waals surface area contributed by atoms with Crippen LogP contribution < -0.4 is 15.9 Å². The highest BCUT2D eigenvalue weighted by Crippen LogP contribution is 2.21. The highest BCUT2D eigenvalue weighted by atomic mass is 79.9. The number of carbonyl (C=O) groups excluding carboxylic acids is 1. The second-order valence-corrected chi connectivity index (χ2v) is 3.82. The summed E-state index contributed by atoms with van der Waals surface area (Å²) in [6, 6.07) is 4.60. The number of ether oxygens (including phenoxy) is 1. The number of amides is 2. The lowest BCUT2D eigenvalue weighted by Crippen LogP contribution is -2.24. The van der Waals surface area contributed by atoms with E-state index in [1.54, 1.807) is 12.1 Å². The summed E-state index contributed by atoms with van der Waals surface area (Å²) >= 11 is 3.32. The van der Waals surface area contributed by atoms with Crippen LogP contribution in [-0.2, 0) is 0 Å². The van der Waals surface area contributed by atoms with Crippen molar-refractivity contribution in [2.24, 2.45) is 10.8 Å². The van der Waals surface area contributed by atoms with Gasteiger partial charge in [0.05, 0.1) is 6.21 Å². The van der Waals surface area contributed by atoms with Gasteiger partial charge >= 0.3 is 6.03 Å². The second kappa shape index (κ2) is 6.55. The molecule has 0 radical (unpaired) electrons. The Morgan fingerprint density at radius 2 is 2.47 bits per heavy atom. The molecule has 6 heteroatoms. The molecule has 2 amide bonds. The van der Waals surface area contributed by atoms with E-state index in [4.69, 9.17) is 16.9 Å². The lowest BCUT2D eigenvalue weighted by molar-refractivity contribution is 0.249. The number of primary amides is 1. The normalized spacial score (nSPS) is 9.88. The summed E-state index contributed by atoms with van der Waals surface area (Å²) in [6.07, 6.45) is 6.52. The quantitative estimate of drug-likeness (QED) is 0.501. The van der Waals surface area contributed by atoms with Crippen LogP contribution in [0.5, 0.6) is 5.75 Å². The molecule has 1 aromatic carbocycles. The molecule has 1 aromatic rings. The number of benzene rings is 1. The number of hydrogen-bond donors (Lipinski definition) is 2. The van der Waals surface area contributed by atoms with E-state index in [-0.39, 0.29) is 6.61 Å². The Bertz CT molecular complexity index is 480. The zero-order valence-corrected chi connectivity index (χ0v) is 10.4. The Hall–Kier alpha value is -2.00. The van der Waals surface area contributed by atoms with Gasteiger partial charge in [-0.2, -0.15) is 5.10 Å². The number of nitrogens with two attached hydrogens (primary N) is 1. The van der Waals surface area contributed by atoms with E-state index in [0.29, 0.717) is 11.3 Å². The third-order valence-electron chi connectivity index (χ3n) is 1.66. The average molecular weight is 296 g/mol. The zero-order chi connectivity index (χ0) is 12.7. The van der Waals surface area contributed by atoms with Gasteiger partial charge in [-0.1, -0.05) is 21.9 Å². The van der Waals surface area contributed by atoms with Gasteiger partial charge in [-0.05, 0) is 18.2 Å². The van der Waals surface area contributed by atoms with Gasteiger partial charge in [0.1, 0.15) is 12.4 Å². The van der Waals surface area contributed by atoms with Crippen molar-refractivity contribution < 1.29 is 9.53 Å². The summed E-state index contributed by atoms with van der Waals surface area (Å²) in [7, 11) is 0. The molecule has 17 heavy (non-hydrogen) atoms. The minimum absolute atomic E-state index is 0.158. The smallest absolute Gasteiger partial charge is 0.332 e. The number of carbonyl (C=O) groups is 1. The molecule has 88 valence electrons. The maximum absolute atomic E-state index is 10.4. The fraction of sp³-hybridized carbons (Fsp3) is 0.0909. The number of terminal acetylenes is 1. The van der Waals surface area contributed by atoms with Gasteiger partial charge in [-0.25, -0.2) is 10.2 Å². The lowest BCUT2D eigenvalue weighted by Gasteiger charge is -2.06. The largest absolute Gasteiger partial charge is 0.480 e. The molecule has 0 aliphatic heterocycles. The van der Waals surface area contributed by atoms with Crippen molar-refractivity contribution in [1.82, 2.24) is 5.43 Å². The second-order valence-electron chi connectivity index (χ2n) is 2.91. The third-order valence-corrected chi connectivity index (χ3v) is 2.15. The number of rotatable bonds is 4. The summed E-state index contributed by atoms with van der Waals surface area (Å²) in [6.45, 7) is 0.158. The molecule has 0 aliphatic carbocycles. The number of urea groups is 1. The fourth-order valence-corrected chi connectivity index (χ4v) is 1.42. The molecular formula is C11H10BrN3O2. The molecule has 0 aromatic heterocycles. The molecule has 0 spiro atoms. The van der Waals surface area contributed by atoms with Gasteiger partial charge in [0.2, 0.25) is 0 Å². The van der Waals surface area contributed by atoms with Crippen molar-refractivity contribution in [2.75, 3.05) is 6.61 Å². The molecule has 0 fully saturated rings. The summed E-state index contributed by atoms with van der Waals surface area (Å²) in [4.78, 5) is 10.4. The van der Waals surface area contributed by atoms with Gasteiger partial charge in [-0.3, -0.25) is 0 Å². The highest BCUT2D eigenvalue weighted by Gasteiger charge is 2.02. The Morgan fingerprint density at radius 1 is 1.71 bits per heavy atom. The molecule has 0 bridgehead atoms. The third kappa shape index (κ3) is 4.57. The van der Waals surface area contributed by atoms with Crippen LogP contribution in [0.4, 0.5) is 4.79 Å². The Labute approximate surface area is 107 Å². The average Bonchev–Trinajstić information content (AvgIpc) is 2.27. The van der Waals surface area contributed by atoms with Crippen molar-refractivity contribution in [1.29, 1.82) is 0 Å². The monoisotopic (exact) mass is 295 g/mol. The summed E-state index contributed by atoms with van der Waals surface area (Å²) in [5, 5.41) is 3.65. The molecule has 0 heterocycles. The van der Waals surface area contributed by atoms with E-state index in [1.807, 2.05) is 6.07 Å². The van der Waals surface area contributed by atoms with Crippen LogP contribution in [-0.4, -0.2) is 18.9 Å². The molecule has 0 atom stereocenters. The van der Waals surface area contributed by atoms with E-state index >= 15 is 0 Å². The van der Waals surface area contributed by atoms with Crippen LogP contribution in [0.25, 0.3) is 0 Å². The Morgan fingerprint density at radius 3 is 3.12 bits per heavy atom. The molecule has 1 rings (SSSR count). The van der Waals surface area contributed by atoms with Crippen LogP contribution in [0, 0.1) is 12.3 Å². The zero-order valence-electron chi connectivity index (χ0n) is 8.81. The number of nitrogens with zero attached hydrogens (tertiary/aromatic N) is 1. The van der Waals surface area contributed by atoms with E-state index in [9.17, 15) is 4.79 Å². The van der Waals surface area contributed by atoms with Crippen LogP contribution >= 0.6 is 15.9 Å². The topological polar surface area (TPSA) is 76.7 Å². The molecule has 3 N–H and O–H groups in total. The Balaban J connectivity index is 2.87. The first kappa shape index (κ1) is 13.1. The van der Waals surface area contributed by atoms with E-state index in [0.717, 1.165) is 4.47 Å². The SMILES string of the molecule is C#CCOc1ccc(Br)cc1C=NNC(N)=O. The van der Waals surface area contributed by atoms with Crippen LogP contribution in [0.2, 0.25) is 0 Å². The number of nitrogens with one attached hydrogen (secondary N) is 1. The number of hydrogen-bond acceptors (Lipinski definition) is 3. The van der Waals surface area contributed by atoms with Gasteiger partial charge in [0.15, 0.2) is 0 Å². The predicted octanol–water partition coefficient (Wildman–Crippen LogP) is 1.46. The summed E-state index contributed by atoms with van der Waals surface area (Å²) in [5.41, 5.74) is 7.64. The predicted molar refractivity (Wildman–Crippen MR) is 68.8 cm³/mol. The minimum atomic E-state index is -0.734. The minimum Gasteiger partial charge on any atom is -0.480 e. The van der Waals surface area contributed by atoms with Gasteiger partial charge in [-0.15, -0.1) is 6.42 Å². The molecular weight excluding hydrogens is 286 g/mol. The van der Waals surface area contributed by atoms with Gasteiger partial charge in [0.25, 0.3) is 0 Å². The lowest BCUT2D eigenvalue weighted by atomic mass is 10.2. The molecule has 0 saturated carbocycles. The molecule has 0 aliphatic rings. The molecule has 5 nitrogen and oxygen atoms in total. The highest BCUT2D eigenvalue weighted by molar-refractivity contribution is 9.10. The standard InChI is InChI=1S/C11H10BrN3O2/c1-2-5-17-10-4-3-9(12)6-8(10)7-14-15-11(13)16/h1,3-4,6-7H,5H2,(H3,13,15,16). The van der Waals surface area contributed by atoms with Crippen molar-refractivity contribution >= 4 is 28.2 Å². The maximum Gasteiger partial charge on any atom is 0.332 e.